The van der Waals surface area contributed by atoms with Gasteiger partial charge in [-0.1, -0.05) is 0 Å². The first-order valence-corrected chi connectivity index (χ1v) is 9.60. The van der Waals surface area contributed by atoms with Crippen molar-refractivity contribution in [3.8, 4) is 11.5 Å². The third kappa shape index (κ3) is 5.14. The quantitative estimate of drug-likeness (QED) is 0.659. The Morgan fingerprint density at radius 2 is 2.03 bits per heavy atom. The van der Waals surface area contributed by atoms with Crippen LogP contribution in [0, 0.1) is 11.8 Å². The molecule has 1 amide bonds. The Kier molecular flexibility index (Phi) is 5.93. The van der Waals surface area contributed by atoms with Crippen molar-refractivity contribution in [1.82, 2.24) is 10.3 Å². The zero-order valence-electron chi connectivity index (χ0n) is 16.7. The summed E-state index contributed by atoms with van der Waals surface area (Å²) in [5.74, 6) is -1.06. The van der Waals surface area contributed by atoms with Gasteiger partial charge in [-0.25, -0.2) is 0 Å². The molecule has 0 bridgehead atoms. The molecule has 1 fully saturated rings. The minimum atomic E-state index is -0.715. The first kappa shape index (κ1) is 20.9. The average molecular weight is 402 g/mol. The van der Waals surface area contributed by atoms with Gasteiger partial charge in [0.15, 0.2) is 0 Å². The number of aliphatic hydroxyl groups is 1. The lowest BCUT2D eigenvalue weighted by molar-refractivity contribution is -0.160. The lowest BCUT2D eigenvalue weighted by Crippen LogP contribution is -2.35. The zero-order chi connectivity index (χ0) is 21.2. The van der Waals surface area contributed by atoms with E-state index in [1.807, 2.05) is 0 Å². The van der Waals surface area contributed by atoms with Crippen LogP contribution in [0.4, 0.5) is 0 Å². The second-order valence-corrected chi connectivity index (χ2v) is 8.33. The Morgan fingerprint density at radius 3 is 2.66 bits per heavy atom. The van der Waals surface area contributed by atoms with Gasteiger partial charge < -0.3 is 24.6 Å². The molecule has 0 aliphatic heterocycles. The van der Waals surface area contributed by atoms with Gasteiger partial charge in [0.25, 0.3) is 11.5 Å². The number of aromatic nitrogens is 1. The molecule has 2 aromatic heterocycles. The van der Waals surface area contributed by atoms with Crippen LogP contribution in [0.15, 0.2) is 39.7 Å². The molecule has 8 heteroatoms. The highest BCUT2D eigenvalue weighted by Crippen LogP contribution is 2.32. The van der Waals surface area contributed by atoms with Crippen molar-refractivity contribution in [2.24, 2.45) is 11.8 Å². The van der Waals surface area contributed by atoms with Crippen LogP contribution in [0.5, 0.6) is 0 Å². The highest BCUT2D eigenvalue weighted by atomic mass is 16.6. The maximum Gasteiger partial charge on any atom is 0.309 e. The molecule has 156 valence electrons. The van der Waals surface area contributed by atoms with Crippen LogP contribution >= 0.6 is 0 Å². The number of esters is 1. The topological polar surface area (TPSA) is 122 Å². The van der Waals surface area contributed by atoms with Crippen LogP contribution in [0.1, 0.15) is 44.0 Å². The van der Waals surface area contributed by atoms with E-state index in [1.165, 1.54) is 12.3 Å². The van der Waals surface area contributed by atoms with Gasteiger partial charge in [-0.15, -0.1) is 0 Å². The summed E-state index contributed by atoms with van der Waals surface area (Å²) in [7, 11) is 0. The molecule has 0 radical (unpaired) electrons. The van der Waals surface area contributed by atoms with E-state index in [9.17, 15) is 19.5 Å². The summed E-state index contributed by atoms with van der Waals surface area (Å²) in [4.78, 5) is 39.5. The van der Waals surface area contributed by atoms with Crippen molar-refractivity contribution in [2.75, 3.05) is 6.54 Å². The highest BCUT2D eigenvalue weighted by molar-refractivity contribution is 5.94. The van der Waals surface area contributed by atoms with Gasteiger partial charge in [0, 0.05) is 12.5 Å². The summed E-state index contributed by atoms with van der Waals surface area (Å²) in [5, 5.41) is 12.9. The molecule has 2 aromatic rings. The maximum atomic E-state index is 12.4. The second-order valence-electron chi connectivity index (χ2n) is 8.33. The number of aliphatic hydroxyl groups excluding tert-OH is 1. The number of H-pyrrole nitrogens is 1. The molecule has 3 rings (SSSR count). The van der Waals surface area contributed by atoms with Crippen molar-refractivity contribution < 1.29 is 23.8 Å². The number of ether oxygens (including phenoxy) is 1. The summed E-state index contributed by atoms with van der Waals surface area (Å²) in [5.41, 5.74) is -0.675. The Morgan fingerprint density at radius 1 is 1.28 bits per heavy atom. The number of aromatic amines is 1. The average Bonchev–Trinajstić information content (AvgIpc) is 3.28. The third-order valence-corrected chi connectivity index (χ3v) is 4.86. The first-order valence-electron chi connectivity index (χ1n) is 9.60. The molecule has 0 unspecified atom stereocenters. The number of nitrogens with one attached hydrogen (secondary N) is 2. The van der Waals surface area contributed by atoms with E-state index >= 15 is 0 Å². The highest BCUT2D eigenvalue weighted by Gasteiger charge is 2.39. The number of carbonyl (C=O) groups is 2. The van der Waals surface area contributed by atoms with Gasteiger partial charge >= 0.3 is 5.97 Å². The van der Waals surface area contributed by atoms with Gasteiger partial charge in [0.1, 0.15) is 16.9 Å². The van der Waals surface area contributed by atoms with Crippen LogP contribution in [0.2, 0.25) is 0 Å². The van der Waals surface area contributed by atoms with E-state index in [2.05, 4.69) is 10.3 Å². The Balaban J connectivity index is 1.58. The second kappa shape index (κ2) is 8.24. The molecule has 0 aromatic carbocycles. The smallest absolute Gasteiger partial charge is 0.309 e. The molecule has 8 nitrogen and oxygen atoms in total. The van der Waals surface area contributed by atoms with Crippen LogP contribution in [0.25, 0.3) is 11.5 Å². The Labute approximate surface area is 168 Å². The molecule has 29 heavy (non-hydrogen) atoms. The fourth-order valence-corrected chi connectivity index (χ4v) is 3.45. The van der Waals surface area contributed by atoms with Gasteiger partial charge in [-0.2, -0.15) is 0 Å². The normalized spacial score (nSPS) is 21.7. The number of hydrogen-bond donors (Lipinski definition) is 3. The molecular formula is C21H26N2O6. The number of carbonyl (C=O) groups excluding carboxylic acids is 2. The van der Waals surface area contributed by atoms with Crippen molar-refractivity contribution in [3.63, 3.8) is 0 Å². The number of amides is 1. The minimum Gasteiger partial charge on any atom is -0.463 e. The van der Waals surface area contributed by atoms with Gasteiger partial charge in [-0.3, -0.25) is 14.4 Å². The molecule has 0 spiro atoms. The molecule has 0 saturated heterocycles. The fourth-order valence-electron chi connectivity index (χ4n) is 3.45. The summed E-state index contributed by atoms with van der Waals surface area (Å²) >= 11 is 0. The van der Waals surface area contributed by atoms with Gasteiger partial charge in [-0.05, 0) is 57.9 Å². The predicted octanol–water partition coefficient (Wildman–Crippen LogP) is 2.09. The SMILES string of the molecule is CC(C)(C)OC(=O)[C@H]1C[C@H](CNC(=O)c2ccc(-c3ccco3)[nH]c2=O)[C@H](O)C1. The lowest BCUT2D eigenvalue weighted by Gasteiger charge is -2.22. The number of rotatable bonds is 5. The van der Waals surface area contributed by atoms with Crippen molar-refractivity contribution in [1.29, 1.82) is 0 Å². The van der Waals surface area contributed by atoms with Crippen LogP contribution < -0.4 is 10.9 Å². The summed E-state index contributed by atoms with van der Waals surface area (Å²) < 4.78 is 10.6. The molecule has 1 aliphatic rings. The molecular weight excluding hydrogens is 376 g/mol. The van der Waals surface area contributed by atoms with E-state index in [1.54, 1.807) is 39.0 Å². The van der Waals surface area contributed by atoms with Crippen LogP contribution in [0.3, 0.4) is 0 Å². The number of hydrogen-bond acceptors (Lipinski definition) is 6. The summed E-state index contributed by atoms with van der Waals surface area (Å²) in [6, 6.07) is 6.43. The predicted molar refractivity (Wildman–Crippen MR) is 105 cm³/mol. The zero-order valence-corrected chi connectivity index (χ0v) is 16.7. The van der Waals surface area contributed by atoms with Crippen molar-refractivity contribution >= 4 is 11.9 Å². The summed E-state index contributed by atoms with van der Waals surface area (Å²) in [6.45, 7) is 5.55. The molecule has 2 heterocycles. The lowest BCUT2D eigenvalue weighted by atomic mass is 10.0. The Hall–Kier alpha value is -2.87. The van der Waals surface area contributed by atoms with Crippen molar-refractivity contribution in [2.45, 2.75) is 45.3 Å². The largest absolute Gasteiger partial charge is 0.463 e. The van der Waals surface area contributed by atoms with Crippen LogP contribution in [-0.4, -0.2) is 40.2 Å². The van der Waals surface area contributed by atoms with E-state index in [0.717, 1.165) is 0 Å². The van der Waals surface area contributed by atoms with Gasteiger partial charge in [0.2, 0.25) is 0 Å². The Bertz CT molecular complexity index is 925. The molecule has 3 N–H and O–H groups in total. The van der Waals surface area contributed by atoms with Crippen LogP contribution in [-0.2, 0) is 9.53 Å². The molecule has 1 aliphatic carbocycles. The van der Waals surface area contributed by atoms with E-state index in [-0.39, 0.29) is 24.0 Å². The fraction of sp³-hybridized carbons (Fsp3) is 0.476. The monoisotopic (exact) mass is 402 g/mol. The van der Waals surface area contributed by atoms with Crippen molar-refractivity contribution in [3.05, 3.63) is 46.4 Å². The van der Waals surface area contributed by atoms with Gasteiger partial charge in [0.05, 0.1) is 24.0 Å². The van der Waals surface area contributed by atoms with E-state index in [0.29, 0.717) is 24.3 Å². The third-order valence-electron chi connectivity index (χ3n) is 4.86. The molecule has 3 atom stereocenters. The first-order chi connectivity index (χ1) is 13.6. The number of pyridine rings is 1. The minimum absolute atomic E-state index is 0.0310. The maximum absolute atomic E-state index is 12.4. The van der Waals surface area contributed by atoms with E-state index in [4.69, 9.17) is 9.15 Å². The molecule has 1 saturated carbocycles. The standard InChI is InChI=1S/C21H26N2O6/c1-21(2,3)29-20(27)12-9-13(16(24)10-12)11-22-18(25)14-6-7-15(23-19(14)26)17-5-4-8-28-17/h4-8,12-13,16,24H,9-11H2,1-3H3,(H,22,25)(H,23,26)/t12-,13+,16+/m0/s1. The summed E-state index contributed by atoms with van der Waals surface area (Å²) in [6.07, 6.45) is 1.50. The van der Waals surface area contributed by atoms with E-state index < -0.39 is 29.1 Å². The number of furan rings is 1.